The Balaban J connectivity index is 2.70. The molecular formula is C10H13NO2. The van der Waals surface area contributed by atoms with E-state index < -0.39 is 0 Å². The summed E-state index contributed by atoms with van der Waals surface area (Å²) < 4.78 is 5.04. The third kappa shape index (κ3) is 3.25. The number of rotatable bonds is 3. The largest absolute Gasteiger partial charge is 0.449 e. The van der Waals surface area contributed by atoms with Crippen molar-refractivity contribution in [1.82, 2.24) is 4.98 Å². The number of aliphatic hydroxyl groups is 1. The predicted molar refractivity (Wildman–Crippen MR) is 51.1 cm³/mol. The Morgan fingerprint density at radius 1 is 1.69 bits per heavy atom. The van der Waals surface area contributed by atoms with Crippen molar-refractivity contribution in [1.29, 1.82) is 0 Å². The maximum atomic E-state index is 8.54. The van der Waals surface area contributed by atoms with E-state index in [1.807, 2.05) is 19.1 Å². The summed E-state index contributed by atoms with van der Waals surface area (Å²) in [5.41, 5.74) is 1.83. The molecule has 0 aliphatic carbocycles. The lowest BCUT2D eigenvalue weighted by Gasteiger charge is -1.88. The van der Waals surface area contributed by atoms with Gasteiger partial charge in [-0.15, -0.1) is 0 Å². The predicted octanol–water partition coefficient (Wildman–Crippen LogP) is 1.93. The van der Waals surface area contributed by atoms with Crippen molar-refractivity contribution in [3.05, 3.63) is 35.6 Å². The van der Waals surface area contributed by atoms with Gasteiger partial charge in [-0.2, -0.15) is 0 Å². The smallest absolute Gasteiger partial charge is 0.191 e. The molecule has 0 unspecified atom stereocenters. The van der Waals surface area contributed by atoms with Gasteiger partial charge in [0.1, 0.15) is 12.0 Å². The molecule has 0 atom stereocenters. The minimum atomic E-state index is 0.0586. The summed E-state index contributed by atoms with van der Waals surface area (Å²) in [7, 11) is 0. The second kappa shape index (κ2) is 4.62. The Labute approximate surface area is 77.4 Å². The van der Waals surface area contributed by atoms with Crippen molar-refractivity contribution in [2.75, 3.05) is 6.61 Å². The van der Waals surface area contributed by atoms with Gasteiger partial charge in [-0.3, -0.25) is 0 Å². The van der Waals surface area contributed by atoms with Crippen molar-refractivity contribution in [3.8, 4) is 0 Å². The van der Waals surface area contributed by atoms with Gasteiger partial charge in [-0.1, -0.05) is 12.2 Å². The van der Waals surface area contributed by atoms with Crippen LogP contribution in [0.15, 0.2) is 28.4 Å². The van der Waals surface area contributed by atoms with Crippen LogP contribution in [0.5, 0.6) is 0 Å². The minimum absolute atomic E-state index is 0.0586. The molecule has 3 heteroatoms. The van der Waals surface area contributed by atoms with Crippen LogP contribution in [0.3, 0.4) is 0 Å². The molecule has 0 bridgehead atoms. The molecular weight excluding hydrogens is 166 g/mol. The van der Waals surface area contributed by atoms with Gasteiger partial charge in [0.05, 0.1) is 6.61 Å². The van der Waals surface area contributed by atoms with Crippen molar-refractivity contribution < 1.29 is 9.52 Å². The topological polar surface area (TPSA) is 46.3 Å². The van der Waals surface area contributed by atoms with Crippen LogP contribution in [0.2, 0.25) is 0 Å². The van der Waals surface area contributed by atoms with Crippen molar-refractivity contribution in [3.63, 3.8) is 0 Å². The zero-order valence-corrected chi connectivity index (χ0v) is 7.82. The van der Waals surface area contributed by atoms with E-state index in [4.69, 9.17) is 9.52 Å². The van der Waals surface area contributed by atoms with Gasteiger partial charge in [0.2, 0.25) is 0 Å². The monoisotopic (exact) mass is 179 g/mol. The molecule has 1 N–H and O–H groups in total. The first kappa shape index (κ1) is 9.74. The SMILES string of the molecule is CC(/C=C/CO)=C\c1coc(C)n1. The van der Waals surface area contributed by atoms with E-state index in [0.29, 0.717) is 5.89 Å². The molecule has 0 aromatic carbocycles. The third-order valence-corrected chi connectivity index (χ3v) is 1.50. The molecule has 1 heterocycles. The van der Waals surface area contributed by atoms with Crippen LogP contribution in [0.4, 0.5) is 0 Å². The zero-order chi connectivity index (χ0) is 9.68. The third-order valence-electron chi connectivity index (χ3n) is 1.50. The summed E-state index contributed by atoms with van der Waals surface area (Å²) in [6.45, 7) is 3.80. The molecule has 0 fully saturated rings. The number of aliphatic hydroxyl groups excluding tert-OH is 1. The van der Waals surface area contributed by atoms with E-state index in [-0.39, 0.29) is 6.61 Å². The fraction of sp³-hybridized carbons (Fsp3) is 0.300. The summed E-state index contributed by atoms with van der Waals surface area (Å²) in [6, 6.07) is 0. The van der Waals surface area contributed by atoms with Crippen LogP contribution < -0.4 is 0 Å². The van der Waals surface area contributed by atoms with Gasteiger partial charge < -0.3 is 9.52 Å². The fourth-order valence-corrected chi connectivity index (χ4v) is 0.966. The number of aromatic nitrogens is 1. The first-order chi connectivity index (χ1) is 6.22. The van der Waals surface area contributed by atoms with E-state index in [0.717, 1.165) is 11.3 Å². The molecule has 0 saturated heterocycles. The lowest BCUT2D eigenvalue weighted by Crippen LogP contribution is -1.76. The number of hydrogen-bond donors (Lipinski definition) is 1. The van der Waals surface area contributed by atoms with Crippen LogP contribution >= 0.6 is 0 Å². The summed E-state index contributed by atoms with van der Waals surface area (Å²) in [5, 5.41) is 8.54. The molecule has 1 aromatic heterocycles. The Morgan fingerprint density at radius 3 is 3.00 bits per heavy atom. The van der Waals surface area contributed by atoms with E-state index in [9.17, 15) is 0 Å². The normalized spacial score (nSPS) is 12.7. The van der Waals surface area contributed by atoms with E-state index in [2.05, 4.69) is 4.98 Å². The lowest BCUT2D eigenvalue weighted by molar-refractivity contribution is 0.342. The van der Waals surface area contributed by atoms with Crippen LogP contribution in [-0.4, -0.2) is 16.7 Å². The molecule has 1 aromatic rings. The highest BCUT2D eigenvalue weighted by molar-refractivity contribution is 5.50. The second-order valence-corrected chi connectivity index (χ2v) is 2.76. The Hall–Kier alpha value is -1.35. The van der Waals surface area contributed by atoms with Crippen LogP contribution in [0, 0.1) is 6.92 Å². The zero-order valence-electron chi connectivity index (χ0n) is 7.82. The molecule has 0 radical (unpaired) electrons. The first-order valence-corrected chi connectivity index (χ1v) is 4.10. The minimum Gasteiger partial charge on any atom is -0.449 e. The fourth-order valence-electron chi connectivity index (χ4n) is 0.966. The second-order valence-electron chi connectivity index (χ2n) is 2.76. The van der Waals surface area contributed by atoms with Gasteiger partial charge in [-0.25, -0.2) is 4.98 Å². The van der Waals surface area contributed by atoms with Gasteiger partial charge in [0.15, 0.2) is 5.89 Å². The summed E-state index contributed by atoms with van der Waals surface area (Å²) in [6.07, 6.45) is 7.01. The Kier molecular flexibility index (Phi) is 3.46. The Bertz CT molecular complexity index is 323. The molecule has 1 rings (SSSR count). The molecule has 3 nitrogen and oxygen atoms in total. The molecule has 70 valence electrons. The van der Waals surface area contributed by atoms with E-state index in [1.54, 1.807) is 19.3 Å². The van der Waals surface area contributed by atoms with E-state index in [1.165, 1.54) is 0 Å². The van der Waals surface area contributed by atoms with Crippen LogP contribution in [0.1, 0.15) is 18.5 Å². The standard InChI is InChI=1S/C10H13NO2/c1-8(4-3-5-12)6-10-7-13-9(2)11-10/h3-4,6-7,12H,5H2,1-2H3/b4-3+,8-6+. The quantitative estimate of drug-likeness (QED) is 0.721. The average Bonchev–Trinajstić information content (AvgIpc) is 2.48. The van der Waals surface area contributed by atoms with Crippen LogP contribution in [0.25, 0.3) is 6.08 Å². The number of allylic oxidation sites excluding steroid dienone is 2. The molecule has 13 heavy (non-hydrogen) atoms. The highest BCUT2D eigenvalue weighted by Gasteiger charge is 1.94. The molecule has 0 saturated carbocycles. The highest BCUT2D eigenvalue weighted by atomic mass is 16.3. The Morgan fingerprint density at radius 2 is 2.46 bits per heavy atom. The number of oxazole rings is 1. The van der Waals surface area contributed by atoms with Gasteiger partial charge in [-0.05, 0) is 18.6 Å². The number of hydrogen-bond acceptors (Lipinski definition) is 3. The molecule has 0 aliphatic rings. The highest BCUT2D eigenvalue weighted by Crippen LogP contribution is 2.06. The lowest BCUT2D eigenvalue weighted by atomic mass is 10.2. The van der Waals surface area contributed by atoms with Crippen molar-refractivity contribution >= 4 is 6.08 Å². The van der Waals surface area contributed by atoms with Crippen molar-refractivity contribution in [2.45, 2.75) is 13.8 Å². The number of nitrogens with zero attached hydrogens (tertiary/aromatic N) is 1. The summed E-state index contributed by atoms with van der Waals surface area (Å²) in [5.74, 6) is 0.658. The van der Waals surface area contributed by atoms with Crippen LogP contribution in [-0.2, 0) is 0 Å². The van der Waals surface area contributed by atoms with E-state index >= 15 is 0 Å². The van der Waals surface area contributed by atoms with Crippen molar-refractivity contribution in [2.24, 2.45) is 0 Å². The first-order valence-electron chi connectivity index (χ1n) is 4.10. The summed E-state index contributed by atoms with van der Waals surface area (Å²) >= 11 is 0. The molecule has 0 amide bonds. The molecule has 0 spiro atoms. The maximum absolute atomic E-state index is 8.54. The molecule has 0 aliphatic heterocycles. The van der Waals surface area contributed by atoms with Gasteiger partial charge >= 0.3 is 0 Å². The van der Waals surface area contributed by atoms with Gasteiger partial charge in [0, 0.05) is 6.92 Å². The number of aryl methyl sites for hydroxylation is 1. The summed E-state index contributed by atoms with van der Waals surface area (Å²) in [4.78, 5) is 4.12. The maximum Gasteiger partial charge on any atom is 0.191 e. The average molecular weight is 179 g/mol. The van der Waals surface area contributed by atoms with Gasteiger partial charge in [0.25, 0.3) is 0 Å².